The SMILES string of the molecule is COc1ccc(NC(=O)N2CCCC2c2ccc(Cl)cc2)c(OC)c1. The number of carbonyl (C=O) groups is 1. The van der Waals surface area contributed by atoms with Gasteiger partial charge >= 0.3 is 6.03 Å². The Hall–Kier alpha value is -2.40. The molecule has 6 heteroatoms. The van der Waals surface area contributed by atoms with Gasteiger partial charge in [-0.25, -0.2) is 4.79 Å². The summed E-state index contributed by atoms with van der Waals surface area (Å²) in [7, 11) is 3.16. The summed E-state index contributed by atoms with van der Waals surface area (Å²) in [6, 6.07) is 12.9. The molecule has 25 heavy (non-hydrogen) atoms. The summed E-state index contributed by atoms with van der Waals surface area (Å²) in [4.78, 5) is 14.6. The molecular formula is C19H21ClN2O3. The van der Waals surface area contributed by atoms with E-state index in [9.17, 15) is 4.79 Å². The molecule has 1 aliphatic heterocycles. The lowest BCUT2D eigenvalue weighted by Crippen LogP contribution is -2.34. The first-order chi connectivity index (χ1) is 12.1. The fraction of sp³-hybridized carbons (Fsp3) is 0.316. The summed E-state index contributed by atoms with van der Waals surface area (Å²) in [5.41, 5.74) is 1.72. The molecule has 5 nitrogen and oxygen atoms in total. The monoisotopic (exact) mass is 360 g/mol. The van der Waals surface area contributed by atoms with Gasteiger partial charge in [0.05, 0.1) is 25.9 Å². The number of ether oxygens (including phenoxy) is 2. The molecule has 0 bridgehead atoms. The highest BCUT2D eigenvalue weighted by Crippen LogP contribution is 2.34. The molecule has 0 saturated carbocycles. The quantitative estimate of drug-likeness (QED) is 0.857. The number of hydrogen-bond acceptors (Lipinski definition) is 3. The lowest BCUT2D eigenvalue weighted by atomic mass is 10.1. The first kappa shape index (κ1) is 17.4. The molecular weight excluding hydrogens is 340 g/mol. The van der Waals surface area contributed by atoms with Crippen molar-refractivity contribution in [1.82, 2.24) is 4.90 Å². The molecule has 0 aliphatic carbocycles. The number of rotatable bonds is 4. The van der Waals surface area contributed by atoms with Crippen molar-refractivity contribution in [2.75, 3.05) is 26.1 Å². The van der Waals surface area contributed by atoms with Crippen LogP contribution in [0.15, 0.2) is 42.5 Å². The van der Waals surface area contributed by atoms with E-state index >= 15 is 0 Å². The van der Waals surface area contributed by atoms with Crippen molar-refractivity contribution >= 4 is 23.3 Å². The van der Waals surface area contributed by atoms with E-state index in [4.69, 9.17) is 21.1 Å². The third kappa shape index (κ3) is 3.82. The third-order valence-electron chi connectivity index (χ3n) is 4.42. The standard InChI is InChI=1S/C19H21ClN2O3/c1-24-15-9-10-16(18(12-15)25-2)21-19(23)22-11-3-4-17(22)13-5-7-14(20)8-6-13/h5-10,12,17H,3-4,11H2,1-2H3,(H,21,23). The number of likely N-dealkylation sites (tertiary alicyclic amines) is 1. The van der Waals surface area contributed by atoms with Crippen molar-refractivity contribution in [3.63, 3.8) is 0 Å². The molecule has 1 N–H and O–H groups in total. The number of benzene rings is 2. The van der Waals surface area contributed by atoms with Crippen LogP contribution in [0.25, 0.3) is 0 Å². The molecule has 1 aliphatic rings. The highest BCUT2D eigenvalue weighted by molar-refractivity contribution is 6.30. The Kier molecular flexibility index (Phi) is 5.34. The lowest BCUT2D eigenvalue weighted by Gasteiger charge is -2.26. The zero-order valence-electron chi connectivity index (χ0n) is 14.3. The highest BCUT2D eigenvalue weighted by atomic mass is 35.5. The second kappa shape index (κ2) is 7.66. The molecule has 1 saturated heterocycles. The maximum Gasteiger partial charge on any atom is 0.322 e. The van der Waals surface area contributed by atoms with Crippen molar-refractivity contribution in [1.29, 1.82) is 0 Å². The number of methoxy groups -OCH3 is 2. The van der Waals surface area contributed by atoms with Gasteiger partial charge in [0.15, 0.2) is 0 Å². The Balaban J connectivity index is 1.77. The van der Waals surface area contributed by atoms with Crippen molar-refractivity contribution in [3.8, 4) is 11.5 Å². The minimum Gasteiger partial charge on any atom is -0.497 e. The minimum atomic E-state index is -0.138. The average Bonchev–Trinajstić information content (AvgIpc) is 3.12. The lowest BCUT2D eigenvalue weighted by molar-refractivity contribution is 0.207. The number of anilines is 1. The van der Waals surface area contributed by atoms with Crippen molar-refractivity contribution in [3.05, 3.63) is 53.1 Å². The van der Waals surface area contributed by atoms with E-state index in [0.717, 1.165) is 24.9 Å². The van der Waals surface area contributed by atoms with Gasteiger partial charge in [0.25, 0.3) is 0 Å². The van der Waals surface area contributed by atoms with Gasteiger partial charge in [-0.1, -0.05) is 23.7 Å². The molecule has 1 fully saturated rings. The number of halogens is 1. The van der Waals surface area contributed by atoms with Gasteiger partial charge in [-0.15, -0.1) is 0 Å². The zero-order chi connectivity index (χ0) is 17.8. The van der Waals surface area contributed by atoms with Crippen LogP contribution in [0.5, 0.6) is 11.5 Å². The Morgan fingerprint density at radius 1 is 1.16 bits per heavy atom. The molecule has 1 atom stereocenters. The van der Waals surface area contributed by atoms with E-state index in [-0.39, 0.29) is 12.1 Å². The van der Waals surface area contributed by atoms with Crippen LogP contribution in [0.2, 0.25) is 5.02 Å². The summed E-state index contributed by atoms with van der Waals surface area (Å²) >= 11 is 5.97. The second-order valence-corrected chi connectivity index (χ2v) is 6.34. The van der Waals surface area contributed by atoms with E-state index < -0.39 is 0 Å². The normalized spacial score (nSPS) is 16.6. The van der Waals surface area contributed by atoms with E-state index in [1.807, 2.05) is 29.2 Å². The van der Waals surface area contributed by atoms with Gasteiger partial charge in [0.1, 0.15) is 11.5 Å². The number of hydrogen-bond donors (Lipinski definition) is 1. The summed E-state index contributed by atoms with van der Waals surface area (Å²) < 4.78 is 10.5. The fourth-order valence-electron chi connectivity index (χ4n) is 3.13. The molecule has 0 aromatic heterocycles. The van der Waals surface area contributed by atoms with Crippen LogP contribution in [0.3, 0.4) is 0 Å². The first-order valence-electron chi connectivity index (χ1n) is 8.17. The fourth-order valence-corrected chi connectivity index (χ4v) is 3.26. The highest BCUT2D eigenvalue weighted by Gasteiger charge is 2.30. The van der Waals surface area contributed by atoms with Crippen molar-refractivity contribution in [2.24, 2.45) is 0 Å². The molecule has 2 aromatic rings. The Morgan fingerprint density at radius 3 is 2.60 bits per heavy atom. The van der Waals surface area contributed by atoms with E-state index in [2.05, 4.69) is 5.32 Å². The minimum absolute atomic E-state index is 0.0570. The van der Waals surface area contributed by atoms with Gasteiger partial charge in [-0.2, -0.15) is 0 Å². The van der Waals surface area contributed by atoms with Gasteiger partial charge in [0, 0.05) is 17.6 Å². The number of carbonyl (C=O) groups excluding carboxylic acids is 1. The third-order valence-corrected chi connectivity index (χ3v) is 4.67. The van der Waals surface area contributed by atoms with Gasteiger partial charge in [-0.05, 0) is 42.7 Å². The van der Waals surface area contributed by atoms with Crippen LogP contribution < -0.4 is 14.8 Å². The van der Waals surface area contributed by atoms with Crippen molar-refractivity contribution in [2.45, 2.75) is 18.9 Å². The number of amides is 2. The van der Waals surface area contributed by atoms with Gasteiger partial charge in [0.2, 0.25) is 0 Å². The van der Waals surface area contributed by atoms with E-state index in [1.165, 1.54) is 0 Å². The van der Waals surface area contributed by atoms with E-state index in [1.54, 1.807) is 32.4 Å². The van der Waals surface area contributed by atoms with Crippen LogP contribution >= 0.6 is 11.6 Å². The summed E-state index contributed by atoms with van der Waals surface area (Å²) in [5, 5.41) is 3.64. The summed E-state index contributed by atoms with van der Waals surface area (Å²) in [6.45, 7) is 0.720. The van der Waals surface area contributed by atoms with Crippen LogP contribution in [0, 0.1) is 0 Å². The first-order valence-corrected chi connectivity index (χ1v) is 8.55. The number of nitrogens with zero attached hydrogens (tertiary/aromatic N) is 1. The van der Waals surface area contributed by atoms with Crippen LogP contribution in [-0.2, 0) is 0 Å². The van der Waals surface area contributed by atoms with Crippen molar-refractivity contribution < 1.29 is 14.3 Å². The molecule has 0 radical (unpaired) electrons. The zero-order valence-corrected chi connectivity index (χ0v) is 15.0. The Labute approximate surface area is 152 Å². The Bertz CT molecular complexity index is 749. The maximum atomic E-state index is 12.8. The smallest absolute Gasteiger partial charge is 0.322 e. The van der Waals surface area contributed by atoms with Crippen LogP contribution in [0.4, 0.5) is 10.5 Å². The molecule has 132 valence electrons. The topological polar surface area (TPSA) is 50.8 Å². The number of nitrogens with one attached hydrogen (secondary N) is 1. The molecule has 3 rings (SSSR count). The predicted molar refractivity (Wildman–Crippen MR) is 98.7 cm³/mol. The van der Waals surface area contributed by atoms with Crippen LogP contribution in [-0.4, -0.2) is 31.7 Å². The van der Waals surface area contributed by atoms with Gasteiger partial charge < -0.3 is 19.7 Å². The summed E-state index contributed by atoms with van der Waals surface area (Å²) in [5.74, 6) is 1.24. The number of urea groups is 1. The predicted octanol–water partition coefficient (Wildman–Crippen LogP) is 4.73. The van der Waals surface area contributed by atoms with Gasteiger partial charge in [-0.3, -0.25) is 0 Å². The van der Waals surface area contributed by atoms with Crippen LogP contribution in [0.1, 0.15) is 24.4 Å². The molecule has 1 heterocycles. The second-order valence-electron chi connectivity index (χ2n) is 5.90. The largest absolute Gasteiger partial charge is 0.497 e. The maximum absolute atomic E-state index is 12.8. The molecule has 2 amide bonds. The molecule has 2 aromatic carbocycles. The van der Waals surface area contributed by atoms with E-state index in [0.29, 0.717) is 22.2 Å². The molecule has 0 spiro atoms. The Morgan fingerprint density at radius 2 is 1.92 bits per heavy atom. The average molecular weight is 361 g/mol. The molecule has 1 unspecified atom stereocenters. The summed E-state index contributed by atoms with van der Waals surface area (Å²) in [6.07, 6.45) is 1.91.